The summed E-state index contributed by atoms with van der Waals surface area (Å²) < 4.78 is 7.43. The second-order valence-corrected chi connectivity index (χ2v) is 8.95. The van der Waals surface area contributed by atoms with Crippen molar-refractivity contribution in [1.29, 1.82) is 0 Å². The number of benzene rings is 1. The van der Waals surface area contributed by atoms with Crippen LogP contribution in [0.2, 0.25) is 5.15 Å². The summed E-state index contributed by atoms with van der Waals surface area (Å²) in [5, 5.41) is 27.9. The highest BCUT2D eigenvalue weighted by molar-refractivity contribution is 6.33. The Morgan fingerprint density at radius 3 is 2.48 bits per heavy atom. The number of nitrogens with zero attached hydrogens (tertiary/aromatic N) is 3. The number of hydrogen-bond donors (Lipinski definition) is 3. The van der Waals surface area contributed by atoms with E-state index in [1.807, 2.05) is 18.2 Å². The van der Waals surface area contributed by atoms with E-state index in [2.05, 4.69) is 32.9 Å². The first-order chi connectivity index (χ1) is 14.5. The van der Waals surface area contributed by atoms with Gasteiger partial charge in [0.1, 0.15) is 17.1 Å². The highest BCUT2D eigenvalue weighted by Crippen LogP contribution is 2.43. The molecule has 2 aromatic heterocycles. The monoisotopic (exact) mass is 447 g/mol. The highest BCUT2D eigenvalue weighted by Gasteiger charge is 2.30. The standard InChI is InChI=1S/C20H22ClN3O2.C3H8O2/c1-20(25,26-2)15-5-3-4-13(10-15)14-6-7-16(11-14)24-9-8-17-18(21)22-12-23-19(17)24;1-3(2,4)5/h3-5,8-10,12,14,16,25H,6-7,11H2,1-2H3;4-5H,1-2H3. The Kier molecular flexibility index (Phi) is 7.03. The Hall–Kier alpha value is -2.03. The average Bonchev–Trinajstić information content (AvgIpc) is 3.34. The van der Waals surface area contributed by atoms with E-state index in [4.69, 9.17) is 26.6 Å². The van der Waals surface area contributed by atoms with Crippen molar-refractivity contribution in [2.24, 2.45) is 0 Å². The van der Waals surface area contributed by atoms with Crippen molar-refractivity contribution >= 4 is 22.6 Å². The van der Waals surface area contributed by atoms with Crippen LogP contribution in [0.15, 0.2) is 42.9 Å². The van der Waals surface area contributed by atoms with Crippen LogP contribution >= 0.6 is 11.6 Å². The van der Waals surface area contributed by atoms with Gasteiger partial charge in [0.25, 0.3) is 0 Å². The van der Waals surface area contributed by atoms with Crippen molar-refractivity contribution in [2.75, 3.05) is 7.11 Å². The molecule has 31 heavy (non-hydrogen) atoms. The van der Waals surface area contributed by atoms with Crippen molar-refractivity contribution in [1.82, 2.24) is 14.5 Å². The molecule has 3 unspecified atom stereocenters. The molecule has 1 aliphatic carbocycles. The average molecular weight is 448 g/mol. The lowest BCUT2D eigenvalue weighted by molar-refractivity contribution is -0.179. The molecule has 7 nitrogen and oxygen atoms in total. The van der Waals surface area contributed by atoms with Crippen LogP contribution in [0.25, 0.3) is 11.0 Å². The Balaban J connectivity index is 0.000000491. The van der Waals surface area contributed by atoms with Gasteiger partial charge in [0.05, 0.1) is 5.39 Å². The molecule has 3 aromatic rings. The quantitative estimate of drug-likeness (QED) is 0.411. The maximum Gasteiger partial charge on any atom is 0.189 e. The molecule has 8 heteroatoms. The van der Waals surface area contributed by atoms with Crippen LogP contribution in [0.5, 0.6) is 0 Å². The molecule has 0 radical (unpaired) electrons. The Morgan fingerprint density at radius 2 is 1.81 bits per heavy atom. The third kappa shape index (κ3) is 5.81. The molecule has 1 aromatic carbocycles. The van der Waals surface area contributed by atoms with Crippen LogP contribution in [0.1, 0.15) is 63.1 Å². The van der Waals surface area contributed by atoms with Gasteiger partial charge in [-0.1, -0.05) is 35.9 Å². The van der Waals surface area contributed by atoms with Gasteiger partial charge in [0.15, 0.2) is 11.6 Å². The van der Waals surface area contributed by atoms with Crippen LogP contribution < -0.4 is 0 Å². The van der Waals surface area contributed by atoms with Gasteiger partial charge in [-0.15, -0.1) is 0 Å². The minimum absolute atomic E-state index is 0.384. The van der Waals surface area contributed by atoms with Crippen molar-refractivity contribution < 1.29 is 20.1 Å². The van der Waals surface area contributed by atoms with Gasteiger partial charge in [-0.3, -0.25) is 0 Å². The third-order valence-corrected chi connectivity index (χ3v) is 5.85. The number of fused-ring (bicyclic) bond motifs is 1. The number of ether oxygens (including phenoxy) is 1. The molecule has 3 N–H and O–H groups in total. The lowest BCUT2D eigenvalue weighted by Crippen LogP contribution is -2.23. The molecular weight excluding hydrogens is 418 g/mol. The first kappa shape index (κ1) is 23.6. The molecule has 0 spiro atoms. The van der Waals surface area contributed by atoms with Gasteiger partial charge in [0.2, 0.25) is 0 Å². The second kappa shape index (κ2) is 9.22. The van der Waals surface area contributed by atoms with E-state index in [9.17, 15) is 5.11 Å². The predicted molar refractivity (Wildman–Crippen MR) is 120 cm³/mol. The second-order valence-electron chi connectivity index (χ2n) is 8.60. The number of hydrogen-bond acceptors (Lipinski definition) is 6. The summed E-state index contributed by atoms with van der Waals surface area (Å²) in [6, 6.07) is 10.5. The molecular formula is C23H30ClN3O4. The zero-order valence-corrected chi connectivity index (χ0v) is 19.0. The molecule has 0 saturated heterocycles. The number of rotatable bonds is 4. The molecule has 2 heterocycles. The van der Waals surface area contributed by atoms with E-state index in [1.165, 1.54) is 32.8 Å². The number of aliphatic hydroxyl groups is 3. The predicted octanol–water partition coefficient (Wildman–Crippen LogP) is 4.11. The maximum absolute atomic E-state index is 10.4. The number of methoxy groups -OCH3 is 1. The summed E-state index contributed by atoms with van der Waals surface area (Å²) in [4.78, 5) is 8.48. The Morgan fingerprint density at radius 1 is 1.10 bits per heavy atom. The van der Waals surface area contributed by atoms with Crippen LogP contribution in [0.3, 0.4) is 0 Å². The number of halogens is 1. The van der Waals surface area contributed by atoms with Crippen LogP contribution in [0, 0.1) is 0 Å². The van der Waals surface area contributed by atoms with Crippen molar-refractivity contribution in [2.45, 2.75) is 63.6 Å². The third-order valence-electron chi connectivity index (χ3n) is 5.55. The van der Waals surface area contributed by atoms with E-state index < -0.39 is 11.6 Å². The zero-order chi connectivity index (χ0) is 22.8. The molecule has 0 aliphatic heterocycles. The van der Waals surface area contributed by atoms with E-state index >= 15 is 0 Å². The summed E-state index contributed by atoms with van der Waals surface area (Å²) in [5.41, 5.74) is 2.92. The topological polar surface area (TPSA) is 101 Å². The fraction of sp³-hybridized carbons (Fsp3) is 0.478. The molecule has 1 saturated carbocycles. The fourth-order valence-electron chi connectivity index (χ4n) is 3.95. The Bertz CT molecular complexity index is 1020. The molecule has 4 rings (SSSR count). The first-order valence-corrected chi connectivity index (χ1v) is 10.7. The molecule has 0 amide bonds. The zero-order valence-electron chi connectivity index (χ0n) is 18.3. The normalized spacial score (nSPS) is 20.9. The summed E-state index contributed by atoms with van der Waals surface area (Å²) in [6.45, 7) is 4.26. The molecule has 3 atom stereocenters. The van der Waals surface area contributed by atoms with E-state index in [0.29, 0.717) is 17.1 Å². The first-order valence-electron chi connectivity index (χ1n) is 10.3. The van der Waals surface area contributed by atoms with Crippen LogP contribution in [-0.2, 0) is 10.5 Å². The number of aromatic nitrogens is 3. The molecule has 168 valence electrons. The van der Waals surface area contributed by atoms with E-state index in [-0.39, 0.29) is 0 Å². The molecule has 1 aliphatic rings. The van der Waals surface area contributed by atoms with Gasteiger partial charge in [0, 0.05) is 24.9 Å². The van der Waals surface area contributed by atoms with Gasteiger partial charge in [-0.25, -0.2) is 9.97 Å². The van der Waals surface area contributed by atoms with E-state index in [1.54, 1.807) is 6.92 Å². The van der Waals surface area contributed by atoms with Crippen LogP contribution in [0.4, 0.5) is 0 Å². The van der Waals surface area contributed by atoms with Gasteiger partial charge in [-0.2, -0.15) is 0 Å². The summed E-state index contributed by atoms with van der Waals surface area (Å²) in [7, 11) is 1.52. The van der Waals surface area contributed by atoms with Gasteiger partial charge >= 0.3 is 0 Å². The van der Waals surface area contributed by atoms with E-state index in [0.717, 1.165) is 35.9 Å². The van der Waals surface area contributed by atoms with Crippen LogP contribution in [-0.4, -0.2) is 42.8 Å². The minimum atomic E-state index is -1.50. The SMILES string of the molecule is CC(C)(O)O.COC(C)(O)c1cccc(C2CCC(n3ccc4c(Cl)ncnc43)C2)c1. The largest absolute Gasteiger partial charge is 0.366 e. The smallest absolute Gasteiger partial charge is 0.189 e. The fourth-order valence-corrected chi connectivity index (χ4v) is 4.14. The lowest BCUT2D eigenvalue weighted by Gasteiger charge is -2.23. The molecule has 1 fully saturated rings. The maximum atomic E-state index is 10.4. The highest BCUT2D eigenvalue weighted by atomic mass is 35.5. The van der Waals surface area contributed by atoms with Gasteiger partial charge in [-0.05, 0) is 57.6 Å². The van der Waals surface area contributed by atoms with Crippen molar-refractivity contribution in [3.63, 3.8) is 0 Å². The Labute approximate surface area is 187 Å². The van der Waals surface area contributed by atoms with Crippen molar-refractivity contribution in [3.05, 3.63) is 59.1 Å². The summed E-state index contributed by atoms with van der Waals surface area (Å²) in [6.07, 6.45) is 6.79. The minimum Gasteiger partial charge on any atom is -0.366 e. The summed E-state index contributed by atoms with van der Waals surface area (Å²) in [5.74, 6) is -2.32. The van der Waals surface area contributed by atoms with Gasteiger partial charge < -0.3 is 24.6 Å². The van der Waals surface area contributed by atoms with Crippen molar-refractivity contribution in [3.8, 4) is 0 Å². The lowest BCUT2D eigenvalue weighted by atomic mass is 9.94. The molecule has 0 bridgehead atoms. The summed E-state index contributed by atoms with van der Waals surface area (Å²) >= 11 is 6.18.